The van der Waals surface area contributed by atoms with Crippen molar-refractivity contribution in [2.24, 2.45) is 4.99 Å². The van der Waals surface area contributed by atoms with Gasteiger partial charge in [-0.2, -0.15) is 4.98 Å². The maximum Gasteiger partial charge on any atom is 0.246 e. The Hall–Kier alpha value is -1.53. The molecule has 0 bridgehead atoms. The smallest absolute Gasteiger partial charge is 0.246 e. The lowest BCUT2D eigenvalue weighted by atomic mass is 10.2. The third kappa shape index (κ3) is 3.81. The first kappa shape index (κ1) is 15.4. The van der Waals surface area contributed by atoms with Gasteiger partial charge >= 0.3 is 0 Å². The predicted molar refractivity (Wildman–Crippen MR) is 90.2 cm³/mol. The fourth-order valence-corrected chi connectivity index (χ4v) is 2.82. The lowest BCUT2D eigenvalue weighted by molar-refractivity contribution is 0.336. The number of amidine groups is 1. The number of hydrogen-bond donors (Lipinski definition) is 0. The molecule has 7 heteroatoms. The molecule has 0 saturated heterocycles. The van der Waals surface area contributed by atoms with Gasteiger partial charge in [0, 0.05) is 17.6 Å². The van der Waals surface area contributed by atoms with Crippen molar-refractivity contribution >= 4 is 28.5 Å². The van der Waals surface area contributed by atoms with E-state index in [1.807, 2.05) is 42.5 Å². The van der Waals surface area contributed by atoms with Gasteiger partial charge in [-0.05, 0) is 31.2 Å². The molecule has 0 aliphatic heterocycles. The second kappa shape index (κ2) is 6.71. The van der Waals surface area contributed by atoms with E-state index in [0.717, 1.165) is 10.7 Å². The van der Waals surface area contributed by atoms with Crippen LogP contribution < -0.4 is 0 Å². The van der Waals surface area contributed by atoms with E-state index in [4.69, 9.17) is 16.1 Å². The first-order valence-corrected chi connectivity index (χ1v) is 8.67. The van der Waals surface area contributed by atoms with Crippen molar-refractivity contribution in [1.29, 1.82) is 0 Å². The average Bonchev–Trinajstić information content (AvgIpc) is 3.21. The van der Waals surface area contributed by atoms with E-state index < -0.39 is 0 Å². The van der Waals surface area contributed by atoms with Crippen LogP contribution in [0.4, 0.5) is 0 Å². The molecule has 1 fully saturated rings. The third-order valence-electron chi connectivity index (χ3n) is 3.27. The van der Waals surface area contributed by atoms with E-state index in [9.17, 15) is 0 Å². The van der Waals surface area contributed by atoms with Crippen molar-refractivity contribution in [3.63, 3.8) is 0 Å². The number of halogens is 1. The molecule has 1 heterocycles. The van der Waals surface area contributed by atoms with Crippen molar-refractivity contribution in [2.75, 3.05) is 13.3 Å². The number of nitrogens with zero attached hydrogens (tertiary/aromatic N) is 4. The third-order valence-corrected chi connectivity index (χ3v) is 4.29. The largest absolute Gasteiger partial charge is 0.345 e. The van der Waals surface area contributed by atoms with Gasteiger partial charge in [0.25, 0.3) is 0 Å². The minimum absolute atomic E-state index is 0.495. The quantitative estimate of drug-likeness (QED) is 0.629. The summed E-state index contributed by atoms with van der Waals surface area (Å²) >= 11 is 7.63. The molecular formula is C15H17ClN4OS. The van der Waals surface area contributed by atoms with Crippen LogP contribution in [-0.2, 0) is 6.54 Å². The minimum Gasteiger partial charge on any atom is -0.345 e. The number of benzene rings is 1. The van der Waals surface area contributed by atoms with Crippen molar-refractivity contribution in [1.82, 2.24) is 15.0 Å². The molecule has 1 aliphatic carbocycles. The van der Waals surface area contributed by atoms with Crippen LogP contribution in [0.3, 0.4) is 0 Å². The van der Waals surface area contributed by atoms with Gasteiger partial charge < -0.3 is 9.42 Å². The molecule has 0 N–H and O–H groups in total. The molecule has 5 nitrogen and oxygen atoms in total. The number of rotatable bonds is 4. The van der Waals surface area contributed by atoms with Gasteiger partial charge in [-0.25, -0.2) is 0 Å². The molecule has 0 unspecified atom stereocenters. The zero-order valence-corrected chi connectivity index (χ0v) is 14.1. The summed E-state index contributed by atoms with van der Waals surface area (Å²) < 4.78 is 5.33. The van der Waals surface area contributed by atoms with Gasteiger partial charge in [0.15, 0.2) is 5.17 Å². The number of thioether (sulfide) groups is 1. The fraction of sp³-hybridized carbons (Fsp3) is 0.400. The molecule has 1 aromatic carbocycles. The SMILES string of the molecule is CS/C(=N\C1CC1)N(C)Cc1nc(-c2cccc(Cl)c2)no1. The van der Waals surface area contributed by atoms with Crippen LogP contribution in [0.2, 0.25) is 5.02 Å². The van der Waals surface area contributed by atoms with Crippen LogP contribution in [0.1, 0.15) is 18.7 Å². The summed E-state index contributed by atoms with van der Waals surface area (Å²) in [6.07, 6.45) is 4.41. The van der Waals surface area contributed by atoms with Gasteiger partial charge in [-0.15, -0.1) is 0 Å². The Morgan fingerprint density at radius 1 is 1.50 bits per heavy atom. The highest BCUT2D eigenvalue weighted by Gasteiger charge is 2.22. The normalized spacial score (nSPS) is 15.1. The van der Waals surface area contributed by atoms with Crippen LogP contribution in [0.5, 0.6) is 0 Å². The second-order valence-corrected chi connectivity index (χ2v) is 6.43. The molecule has 1 aromatic heterocycles. The molecule has 0 atom stereocenters. The highest BCUT2D eigenvalue weighted by molar-refractivity contribution is 8.13. The van der Waals surface area contributed by atoms with Crippen molar-refractivity contribution in [3.8, 4) is 11.4 Å². The van der Waals surface area contributed by atoms with Gasteiger partial charge in [0.05, 0.1) is 12.6 Å². The van der Waals surface area contributed by atoms with Gasteiger partial charge in [0.2, 0.25) is 11.7 Å². The van der Waals surface area contributed by atoms with Crippen molar-refractivity contribution < 1.29 is 4.52 Å². The maximum atomic E-state index is 5.99. The number of aliphatic imine (C=N–C) groups is 1. The Labute approximate surface area is 138 Å². The molecule has 1 aliphatic rings. The lowest BCUT2D eigenvalue weighted by Crippen LogP contribution is -2.24. The summed E-state index contributed by atoms with van der Waals surface area (Å²) in [5, 5.41) is 5.68. The first-order valence-electron chi connectivity index (χ1n) is 7.07. The highest BCUT2D eigenvalue weighted by atomic mass is 35.5. The highest BCUT2D eigenvalue weighted by Crippen LogP contribution is 2.26. The van der Waals surface area contributed by atoms with Crippen LogP contribution in [0.15, 0.2) is 33.8 Å². The molecule has 3 rings (SSSR count). The first-order chi connectivity index (χ1) is 10.7. The summed E-state index contributed by atoms with van der Waals surface area (Å²) in [4.78, 5) is 11.1. The zero-order chi connectivity index (χ0) is 15.5. The summed E-state index contributed by atoms with van der Waals surface area (Å²) in [5.41, 5.74) is 0.849. The maximum absolute atomic E-state index is 5.99. The van der Waals surface area contributed by atoms with Gasteiger partial charge in [-0.3, -0.25) is 4.99 Å². The standard InChI is InChI=1S/C15H17ClN4OS/c1-20(15(22-2)17-12-6-7-12)9-13-18-14(19-21-13)10-4-3-5-11(16)8-10/h3-5,8,12H,6-7,9H2,1-2H3/b17-15-. The van der Waals surface area contributed by atoms with Crippen molar-refractivity contribution in [3.05, 3.63) is 35.2 Å². The van der Waals surface area contributed by atoms with E-state index in [1.165, 1.54) is 12.8 Å². The molecule has 116 valence electrons. The summed E-state index contributed by atoms with van der Waals surface area (Å²) in [7, 11) is 1.99. The van der Waals surface area contributed by atoms with E-state index >= 15 is 0 Å². The number of hydrogen-bond acceptors (Lipinski definition) is 5. The minimum atomic E-state index is 0.495. The molecule has 0 amide bonds. The molecule has 22 heavy (non-hydrogen) atoms. The Kier molecular flexibility index (Phi) is 4.69. The van der Waals surface area contributed by atoms with E-state index in [2.05, 4.69) is 15.1 Å². The monoisotopic (exact) mass is 336 g/mol. The molecule has 1 saturated carbocycles. The molecular weight excluding hydrogens is 320 g/mol. The van der Waals surface area contributed by atoms with E-state index in [1.54, 1.807) is 11.8 Å². The average molecular weight is 337 g/mol. The summed E-state index contributed by atoms with van der Waals surface area (Å²) in [5.74, 6) is 1.12. The lowest BCUT2D eigenvalue weighted by Gasteiger charge is -2.17. The van der Waals surface area contributed by atoms with Crippen LogP contribution in [-0.4, -0.2) is 39.6 Å². The Bertz CT molecular complexity index is 684. The fourth-order valence-electron chi connectivity index (χ4n) is 2.00. The van der Waals surface area contributed by atoms with E-state index in [0.29, 0.717) is 29.3 Å². The van der Waals surface area contributed by atoms with E-state index in [-0.39, 0.29) is 0 Å². The van der Waals surface area contributed by atoms with Crippen LogP contribution in [0, 0.1) is 0 Å². The van der Waals surface area contributed by atoms with Gasteiger partial charge in [-0.1, -0.05) is 40.7 Å². The summed E-state index contributed by atoms with van der Waals surface area (Å²) in [6, 6.07) is 7.91. The molecule has 2 aromatic rings. The Balaban J connectivity index is 1.71. The topological polar surface area (TPSA) is 54.5 Å². The predicted octanol–water partition coefficient (Wildman–Crippen LogP) is 3.70. The second-order valence-electron chi connectivity index (χ2n) is 5.23. The number of aromatic nitrogens is 2. The Morgan fingerprint density at radius 2 is 2.32 bits per heavy atom. The van der Waals surface area contributed by atoms with Crippen molar-refractivity contribution in [2.45, 2.75) is 25.4 Å². The molecule has 0 radical (unpaired) electrons. The Morgan fingerprint density at radius 3 is 3.00 bits per heavy atom. The van der Waals surface area contributed by atoms with Crippen LogP contribution >= 0.6 is 23.4 Å². The zero-order valence-electron chi connectivity index (χ0n) is 12.5. The summed E-state index contributed by atoms with van der Waals surface area (Å²) in [6.45, 7) is 0.542. The van der Waals surface area contributed by atoms with Crippen LogP contribution in [0.25, 0.3) is 11.4 Å². The molecule has 0 spiro atoms. The van der Waals surface area contributed by atoms with Gasteiger partial charge in [0.1, 0.15) is 0 Å².